The zero-order valence-corrected chi connectivity index (χ0v) is 9.63. The molecule has 0 N–H and O–H groups in total. The van der Waals surface area contributed by atoms with Gasteiger partial charge in [-0.1, -0.05) is 19.1 Å². The molecule has 1 aliphatic heterocycles. The highest BCUT2D eigenvalue weighted by atomic mass is 32.1. The van der Waals surface area contributed by atoms with Gasteiger partial charge in [0.1, 0.15) is 0 Å². The first-order valence-electron chi connectivity index (χ1n) is 5.24. The summed E-state index contributed by atoms with van der Waals surface area (Å²) in [5.74, 6) is 1.73. The molecule has 1 aliphatic rings. The highest BCUT2D eigenvalue weighted by Crippen LogP contribution is 2.20. The Labute approximate surface area is 87.6 Å². The number of likely N-dealkylation sites (tertiary alicyclic amines) is 1. The van der Waals surface area contributed by atoms with Crippen LogP contribution in [0.4, 0.5) is 0 Å². The van der Waals surface area contributed by atoms with Crippen molar-refractivity contribution in [3.8, 4) is 0 Å². The Bertz CT molecular complexity index is 167. The maximum atomic E-state index is 4.15. The summed E-state index contributed by atoms with van der Waals surface area (Å²) in [5, 5.41) is 0. The van der Waals surface area contributed by atoms with Crippen LogP contribution < -0.4 is 0 Å². The lowest BCUT2D eigenvalue weighted by Crippen LogP contribution is -2.40. The first kappa shape index (κ1) is 11.1. The van der Waals surface area contributed by atoms with Crippen LogP contribution in [0.2, 0.25) is 0 Å². The summed E-state index contributed by atoms with van der Waals surface area (Å²) in [5.41, 5.74) is 0. The minimum atomic E-state index is 0.765. The van der Waals surface area contributed by atoms with Crippen LogP contribution in [0.5, 0.6) is 0 Å². The van der Waals surface area contributed by atoms with Crippen molar-refractivity contribution < 1.29 is 0 Å². The van der Waals surface area contributed by atoms with Gasteiger partial charge in [0, 0.05) is 24.9 Å². The molecule has 0 aromatic heterocycles. The lowest BCUT2D eigenvalue weighted by molar-refractivity contribution is 0.140. The molecule has 1 fully saturated rings. The molecule has 2 atom stereocenters. The van der Waals surface area contributed by atoms with Gasteiger partial charge >= 0.3 is 0 Å². The van der Waals surface area contributed by atoms with Crippen LogP contribution in [0.3, 0.4) is 0 Å². The molecular weight excluding hydrogens is 178 g/mol. The van der Waals surface area contributed by atoms with E-state index in [0.717, 1.165) is 24.3 Å². The molecular formula is C11H21NS. The van der Waals surface area contributed by atoms with Gasteiger partial charge in [-0.05, 0) is 25.7 Å². The summed E-state index contributed by atoms with van der Waals surface area (Å²) in [7, 11) is 0. The van der Waals surface area contributed by atoms with Gasteiger partial charge in [0.15, 0.2) is 0 Å². The van der Waals surface area contributed by atoms with Crippen molar-refractivity contribution >= 4 is 12.6 Å². The van der Waals surface area contributed by atoms with Gasteiger partial charge in [-0.2, -0.15) is 12.6 Å². The fourth-order valence-electron chi connectivity index (χ4n) is 1.92. The molecule has 0 aliphatic carbocycles. The van der Waals surface area contributed by atoms with Crippen molar-refractivity contribution in [3.05, 3.63) is 12.2 Å². The second kappa shape index (κ2) is 5.71. The molecule has 13 heavy (non-hydrogen) atoms. The summed E-state index contributed by atoms with van der Waals surface area (Å²) in [6.07, 6.45) is 7.13. The van der Waals surface area contributed by atoms with Gasteiger partial charge in [0.25, 0.3) is 0 Å². The Balaban J connectivity index is 2.33. The van der Waals surface area contributed by atoms with E-state index in [1.54, 1.807) is 0 Å². The molecule has 0 bridgehead atoms. The van der Waals surface area contributed by atoms with E-state index in [0.29, 0.717) is 0 Å². The lowest BCUT2D eigenvalue weighted by Gasteiger charge is -2.36. The van der Waals surface area contributed by atoms with Gasteiger partial charge in [0.05, 0.1) is 0 Å². The average Bonchev–Trinajstić information content (AvgIpc) is 2.11. The first-order valence-corrected chi connectivity index (χ1v) is 5.87. The van der Waals surface area contributed by atoms with Crippen molar-refractivity contribution in [1.82, 2.24) is 4.90 Å². The Hall–Kier alpha value is 0.0500. The number of hydrogen-bond donors (Lipinski definition) is 1. The van der Waals surface area contributed by atoms with E-state index < -0.39 is 0 Å². The standard InChI is InChI=1S/C11H21NS/c1-10-5-6-11(2)12(9-10)7-3-4-8-13/h3-4,10-11,13H,5-9H2,1-2H3. The van der Waals surface area contributed by atoms with Crippen molar-refractivity contribution in [2.75, 3.05) is 18.8 Å². The van der Waals surface area contributed by atoms with E-state index in [2.05, 4.69) is 43.5 Å². The second-order valence-electron chi connectivity index (χ2n) is 4.14. The maximum absolute atomic E-state index is 4.15. The van der Waals surface area contributed by atoms with Crippen molar-refractivity contribution in [2.24, 2.45) is 5.92 Å². The molecule has 1 saturated heterocycles. The first-order chi connectivity index (χ1) is 6.24. The Morgan fingerprint density at radius 2 is 2.08 bits per heavy atom. The number of nitrogens with zero attached hydrogens (tertiary/aromatic N) is 1. The largest absolute Gasteiger partial charge is 0.297 e. The number of hydrogen-bond acceptors (Lipinski definition) is 2. The van der Waals surface area contributed by atoms with Crippen LogP contribution in [-0.4, -0.2) is 29.8 Å². The lowest BCUT2D eigenvalue weighted by atomic mass is 9.95. The molecule has 1 nitrogen and oxygen atoms in total. The normalized spacial score (nSPS) is 31.3. The van der Waals surface area contributed by atoms with Gasteiger partial charge in [0.2, 0.25) is 0 Å². The van der Waals surface area contributed by atoms with E-state index in [1.807, 2.05) is 0 Å². The minimum Gasteiger partial charge on any atom is -0.297 e. The topological polar surface area (TPSA) is 3.24 Å². The van der Waals surface area contributed by atoms with E-state index in [4.69, 9.17) is 0 Å². The number of rotatable bonds is 3. The summed E-state index contributed by atoms with van der Waals surface area (Å²) in [6.45, 7) is 7.05. The molecule has 2 unspecified atom stereocenters. The molecule has 0 radical (unpaired) electrons. The number of piperidine rings is 1. The maximum Gasteiger partial charge on any atom is 0.0166 e. The SMILES string of the molecule is CC1CCC(C)N(CC=CCS)C1. The smallest absolute Gasteiger partial charge is 0.0166 e. The zero-order chi connectivity index (χ0) is 9.68. The summed E-state index contributed by atoms with van der Waals surface area (Å²) in [4.78, 5) is 2.56. The second-order valence-corrected chi connectivity index (χ2v) is 4.50. The summed E-state index contributed by atoms with van der Waals surface area (Å²) < 4.78 is 0. The molecule has 2 heteroatoms. The highest BCUT2D eigenvalue weighted by molar-refractivity contribution is 7.80. The molecule has 0 aromatic rings. The third kappa shape index (κ3) is 3.74. The van der Waals surface area contributed by atoms with Crippen LogP contribution >= 0.6 is 12.6 Å². The van der Waals surface area contributed by atoms with E-state index >= 15 is 0 Å². The summed E-state index contributed by atoms with van der Waals surface area (Å²) >= 11 is 4.15. The predicted octanol–water partition coefficient (Wildman–Crippen LogP) is 2.59. The van der Waals surface area contributed by atoms with Crippen LogP contribution in [0.15, 0.2) is 12.2 Å². The molecule has 0 aromatic carbocycles. The van der Waals surface area contributed by atoms with Gasteiger partial charge < -0.3 is 0 Å². The Kier molecular flexibility index (Phi) is 4.89. The van der Waals surface area contributed by atoms with Crippen molar-refractivity contribution in [2.45, 2.75) is 32.7 Å². The molecule has 1 heterocycles. The van der Waals surface area contributed by atoms with Gasteiger partial charge in [-0.3, -0.25) is 4.90 Å². The van der Waals surface area contributed by atoms with E-state index in [-0.39, 0.29) is 0 Å². The third-order valence-corrected chi connectivity index (χ3v) is 3.07. The Morgan fingerprint density at radius 3 is 2.77 bits per heavy atom. The number of thiol groups is 1. The third-order valence-electron chi connectivity index (χ3n) is 2.86. The molecule has 76 valence electrons. The Morgan fingerprint density at radius 1 is 1.31 bits per heavy atom. The van der Waals surface area contributed by atoms with Gasteiger partial charge in [-0.15, -0.1) is 0 Å². The fourth-order valence-corrected chi connectivity index (χ4v) is 2.07. The summed E-state index contributed by atoms with van der Waals surface area (Å²) in [6, 6.07) is 0.765. The van der Waals surface area contributed by atoms with Crippen LogP contribution in [0.1, 0.15) is 26.7 Å². The van der Waals surface area contributed by atoms with E-state index in [1.165, 1.54) is 19.4 Å². The highest BCUT2D eigenvalue weighted by Gasteiger charge is 2.21. The molecule has 0 amide bonds. The minimum absolute atomic E-state index is 0.765. The predicted molar refractivity (Wildman–Crippen MR) is 62.4 cm³/mol. The quantitative estimate of drug-likeness (QED) is 0.540. The van der Waals surface area contributed by atoms with Gasteiger partial charge in [-0.25, -0.2) is 0 Å². The molecule has 0 saturated carbocycles. The van der Waals surface area contributed by atoms with Crippen LogP contribution in [0.25, 0.3) is 0 Å². The average molecular weight is 199 g/mol. The van der Waals surface area contributed by atoms with Crippen LogP contribution in [-0.2, 0) is 0 Å². The molecule has 1 rings (SSSR count). The monoisotopic (exact) mass is 199 g/mol. The molecule has 0 spiro atoms. The van der Waals surface area contributed by atoms with Crippen LogP contribution in [0, 0.1) is 5.92 Å². The van der Waals surface area contributed by atoms with Crippen molar-refractivity contribution in [1.29, 1.82) is 0 Å². The zero-order valence-electron chi connectivity index (χ0n) is 8.74. The van der Waals surface area contributed by atoms with E-state index in [9.17, 15) is 0 Å². The van der Waals surface area contributed by atoms with Crippen molar-refractivity contribution in [3.63, 3.8) is 0 Å². The fraction of sp³-hybridized carbons (Fsp3) is 0.818.